The lowest BCUT2D eigenvalue weighted by Crippen LogP contribution is -2.37. The Bertz CT molecular complexity index is 953. The maximum absolute atomic E-state index is 13.2. The number of aromatic nitrogens is 3. The van der Waals surface area contributed by atoms with Gasteiger partial charge >= 0.3 is 0 Å². The van der Waals surface area contributed by atoms with E-state index in [0.717, 1.165) is 29.0 Å². The third-order valence-corrected chi connectivity index (χ3v) is 5.38. The molecule has 0 aliphatic heterocycles. The molecule has 3 aromatic rings. The van der Waals surface area contributed by atoms with Gasteiger partial charge in [0.1, 0.15) is 11.3 Å². The smallest absolute Gasteiger partial charge is 0.280 e. The molecule has 0 saturated carbocycles. The standard InChI is InChI=1S/C19H25N5O2S.ClH/c1-6-24-13(2)12-14(21-24)18(25)23(11-10-22(3)4)19-20-17-15(26-5)8-7-9-16(17)27-19;/h7-9,12H,6,10-11H2,1-5H3;1H. The van der Waals surface area contributed by atoms with Crippen molar-refractivity contribution in [3.05, 3.63) is 35.7 Å². The van der Waals surface area contributed by atoms with E-state index in [1.807, 2.05) is 61.8 Å². The van der Waals surface area contributed by atoms with Crippen LogP contribution < -0.4 is 9.64 Å². The van der Waals surface area contributed by atoms with Gasteiger partial charge in [-0.25, -0.2) is 4.98 Å². The van der Waals surface area contributed by atoms with Crippen LogP contribution in [-0.2, 0) is 6.54 Å². The van der Waals surface area contributed by atoms with Gasteiger partial charge in [-0.2, -0.15) is 5.10 Å². The number of thiazole rings is 1. The fourth-order valence-corrected chi connectivity index (χ4v) is 3.86. The highest BCUT2D eigenvalue weighted by Crippen LogP contribution is 2.34. The van der Waals surface area contributed by atoms with Crippen molar-refractivity contribution in [3.8, 4) is 5.75 Å². The fraction of sp³-hybridized carbons (Fsp3) is 0.421. The number of ether oxygens (including phenoxy) is 1. The summed E-state index contributed by atoms with van der Waals surface area (Å²) in [6.07, 6.45) is 0. The van der Waals surface area contributed by atoms with Gasteiger partial charge in [0.05, 0.1) is 11.8 Å². The van der Waals surface area contributed by atoms with Gasteiger partial charge in [0.15, 0.2) is 10.8 Å². The number of carbonyl (C=O) groups excluding carboxylic acids is 1. The Morgan fingerprint density at radius 3 is 2.64 bits per heavy atom. The summed E-state index contributed by atoms with van der Waals surface area (Å²) in [6.45, 7) is 5.96. The minimum absolute atomic E-state index is 0. The quantitative estimate of drug-likeness (QED) is 0.582. The Balaban J connectivity index is 0.00000280. The second-order valence-corrected chi connectivity index (χ2v) is 7.56. The minimum Gasteiger partial charge on any atom is -0.494 e. The molecular formula is C19H26ClN5O2S. The second-order valence-electron chi connectivity index (χ2n) is 6.55. The number of hydrogen-bond donors (Lipinski definition) is 0. The first-order valence-corrected chi connectivity index (χ1v) is 9.70. The average Bonchev–Trinajstić information content (AvgIpc) is 3.24. The number of fused-ring (bicyclic) bond motifs is 1. The number of halogens is 1. The summed E-state index contributed by atoms with van der Waals surface area (Å²) in [6, 6.07) is 7.64. The highest BCUT2D eigenvalue weighted by molar-refractivity contribution is 7.22. The maximum atomic E-state index is 13.2. The lowest BCUT2D eigenvalue weighted by molar-refractivity contribution is 0.0979. The molecule has 2 heterocycles. The van der Waals surface area contributed by atoms with Crippen molar-refractivity contribution in [1.82, 2.24) is 19.7 Å². The van der Waals surface area contributed by atoms with Crippen LogP contribution in [0.1, 0.15) is 23.1 Å². The Hall–Kier alpha value is -2.16. The number of aryl methyl sites for hydroxylation is 2. The molecule has 0 bridgehead atoms. The lowest BCUT2D eigenvalue weighted by atomic mass is 10.3. The predicted molar refractivity (Wildman–Crippen MR) is 116 cm³/mol. The van der Waals surface area contributed by atoms with Crippen molar-refractivity contribution in [2.24, 2.45) is 0 Å². The van der Waals surface area contributed by atoms with Crippen LogP contribution in [0.15, 0.2) is 24.3 Å². The van der Waals surface area contributed by atoms with E-state index in [0.29, 0.717) is 23.1 Å². The zero-order valence-electron chi connectivity index (χ0n) is 16.8. The van der Waals surface area contributed by atoms with Gasteiger partial charge in [0.25, 0.3) is 5.91 Å². The monoisotopic (exact) mass is 423 g/mol. The van der Waals surface area contributed by atoms with E-state index in [2.05, 4.69) is 5.10 Å². The molecule has 28 heavy (non-hydrogen) atoms. The Morgan fingerprint density at radius 2 is 2.04 bits per heavy atom. The molecule has 1 aromatic carbocycles. The van der Waals surface area contributed by atoms with Gasteiger partial charge in [-0.1, -0.05) is 17.4 Å². The second kappa shape index (κ2) is 9.36. The SMILES string of the molecule is CCn1nc(C(=O)N(CCN(C)C)c2nc3c(OC)cccc3s2)cc1C.Cl. The van der Waals surface area contributed by atoms with E-state index in [9.17, 15) is 4.79 Å². The lowest BCUT2D eigenvalue weighted by Gasteiger charge is -2.21. The number of amides is 1. The van der Waals surface area contributed by atoms with Gasteiger partial charge in [-0.15, -0.1) is 12.4 Å². The summed E-state index contributed by atoms with van der Waals surface area (Å²) < 4.78 is 8.23. The van der Waals surface area contributed by atoms with Crippen LogP contribution in [-0.4, -0.2) is 59.9 Å². The van der Waals surface area contributed by atoms with Crippen LogP contribution in [0, 0.1) is 6.92 Å². The number of benzene rings is 1. The number of likely N-dealkylation sites (N-methyl/N-ethyl adjacent to an activating group) is 1. The van der Waals surface area contributed by atoms with E-state index >= 15 is 0 Å². The van der Waals surface area contributed by atoms with Crippen molar-refractivity contribution in [3.63, 3.8) is 0 Å². The van der Waals surface area contributed by atoms with Crippen molar-refractivity contribution < 1.29 is 9.53 Å². The summed E-state index contributed by atoms with van der Waals surface area (Å²) in [4.78, 5) is 21.7. The highest BCUT2D eigenvalue weighted by Gasteiger charge is 2.24. The van der Waals surface area contributed by atoms with Gasteiger partial charge in [0, 0.05) is 25.3 Å². The first kappa shape index (κ1) is 22.1. The molecule has 3 rings (SSSR count). The Morgan fingerprint density at radius 1 is 1.29 bits per heavy atom. The topological polar surface area (TPSA) is 63.5 Å². The predicted octanol–water partition coefficient (Wildman–Crippen LogP) is 3.46. The molecule has 0 spiro atoms. The average molecular weight is 424 g/mol. The molecule has 0 aliphatic carbocycles. The van der Waals surface area contributed by atoms with Crippen LogP contribution in [0.5, 0.6) is 5.75 Å². The van der Waals surface area contributed by atoms with E-state index in [-0.39, 0.29) is 18.3 Å². The van der Waals surface area contributed by atoms with Crippen LogP contribution in [0.3, 0.4) is 0 Å². The fourth-order valence-electron chi connectivity index (χ4n) is 2.85. The summed E-state index contributed by atoms with van der Waals surface area (Å²) >= 11 is 1.49. The molecule has 7 nitrogen and oxygen atoms in total. The van der Waals surface area contributed by atoms with Gasteiger partial charge < -0.3 is 9.64 Å². The molecular weight excluding hydrogens is 398 g/mol. The number of para-hydroxylation sites is 1. The summed E-state index contributed by atoms with van der Waals surface area (Å²) in [5, 5.41) is 5.11. The molecule has 0 unspecified atom stereocenters. The van der Waals surface area contributed by atoms with E-state index in [4.69, 9.17) is 9.72 Å². The normalized spacial score (nSPS) is 10.9. The molecule has 0 aliphatic rings. The largest absolute Gasteiger partial charge is 0.494 e. The van der Waals surface area contributed by atoms with Crippen LogP contribution >= 0.6 is 23.7 Å². The maximum Gasteiger partial charge on any atom is 0.280 e. The van der Waals surface area contributed by atoms with Crippen molar-refractivity contribution in [1.29, 1.82) is 0 Å². The number of nitrogens with zero attached hydrogens (tertiary/aromatic N) is 5. The third-order valence-electron chi connectivity index (χ3n) is 4.34. The van der Waals surface area contributed by atoms with Crippen molar-refractivity contribution >= 4 is 45.0 Å². The van der Waals surface area contributed by atoms with E-state index < -0.39 is 0 Å². The highest BCUT2D eigenvalue weighted by atomic mass is 35.5. The van der Waals surface area contributed by atoms with Gasteiger partial charge in [-0.05, 0) is 46.1 Å². The Kier molecular flexibility index (Phi) is 7.40. The molecule has 0 radical (unpaired) electrons. The molecule has 0 fully saturated rings. The molecule has 0 N–H and O–H groups in total. The molecule has 2 aromatic heterocycles. The molecule has 0 saturated heterocycles. The number of anilines is 1. The van der Waals surface area contributed by atoms with Gasteiger partial charge in [-0.3, -0.25) is 14.4 Å². The third kappa shape index (κ3) is 4.45. The van der Waals surface area contributed by atoms with E-state index in [1.165, 1.54) is 11.3 Å². The number of carbonyl (C=O) groups is 1. The molecule has 152 valence electrons. The van der Waals surface area contributed by atoms with Crippen molar-refractivity contribution in [2.75, 3.05) is 39.2 Å². The van der Waals surface area contributed by atoms with Crippen LogP contribution in [0.4, 0.5) is 5.13 Å². The first-order valence-electron chi connectivity index (χ1n) is 8.89. The summed E-state index contributed by atoms with van der Waals surface area (Å²) in [5.74, 6) is 0.575. The number of hydrogen-bond acceptors (Lipinski definition) is 6. The Labute approximate surface area is 175 Å². The van der Waals surface area contributed by atoms with Crippen LogP contribution in [0.2, 0.25) is 0 Å². The molecule has 9 heteroatoms. The zero-order valence-corrected chi connectivity index (χ0v) is 18.4. The number of methoxy groups -OCH3 is 1. The van der Waals surface area contributed by atoms with E-state index in [1.54, 1.807) is 12.0 Å². The molecule has 1 amide bonds. The van der Waals surface area contributed by atoms with Crippen LogP contribution in [0.25, 0.3) is 10.2 Å². The zero-order chi connectivity index (χ0) is 19.6. The summed E-state index contributed by atoms with van der Waals surface area (Å²) in [5.41, 5.74) is 2.19. The summed E-state index contributed by atoms with van der Waals surface area (Å²) in [7, 11) is 5.60. The van der Waals surface area contributed by atoms with Gasteiger partial charge in [0.2, 0.25) is 0 Å². The molecule has 0 atom stereocenters. The van der Waals surface area contributed by atoms with Crippen molar-refractivity contribution in [2.45, 2.75) is 20.4 Å². The number of rotatable bonds is 7. The minimum atomic E-state index is -0.134. The first-order chi connectivity index (χ1) is 12.9.